The lowest BCUT2D eigenvalue weighted by molar-refractivity contribution is -0.121. The molecule has 1 saturated carbocycles. The van der Waals surface area contributed by atoms with Crippen molar-refractivity contribution in [3.8, 4) is 0 Å². The first-order chi connectivity index (χ1) is 11.0. The summed E-state index contributed by atoms with van der Waals surface area (Å²) in [6.45, 7) is 2.74. The van der Waals surface area contributed by atoms with Gasteiger partial charge in [-0.15, -0.1) is 24.8 Å². The van der Waals surface area contributed by atoms with E-state index in [0.717, 1.165) is 19.0 Å². The maximum Gasteiger partial charge on any atom is 0.241 e. The molecule has 10 heteroatoms. The van der Waals surface area contributed by atoms with Crippen LogP contribution in [0.3, 0.4) is 0 Å². The Morgan fingerprint density at radius 2 is 2.00 bits per heavy atom. The minimum Gasteiger partial charge on any atom is -0.353 e. The van der Waals surface area contributed by atoms with Crippen molar-refractivity contribution in [2.45, 2.75) is 19.4 Å². The van der Waals surface area contributed by atoms with Gasteiger partial charge in [0, 0.05) is 19.3 Å². The van der Waals surface area contributed by atoms with E-state index in [0.29, 0.717) is 18.8 Å². The van der Waals surface area contributed by atoms with E-state index in [1.54, 1.807) is 12.4 Å². The summed E-state index contributed by atoms with van der Waals surface area (Å²) in [6.07, 6.45) is 5.73. The molecule has 0 saturated heterocycles. The molecule has 144 valence electrons. The quantitative estimate of drug-likeness (QED) is 0.532. The van der Waals surface area contributed by atoms with Crippen LogP contribution in [0.15, 0.2) is 12.4 Å². The monoisotopic (exact) mass is 394 g/mol. The lowest BCUT2D eigenvalue weighted by atomic mass is 10.4. The number of carbonyl (C=O) groups excluding carboxylic acids is 2. The number of halogens is 2. The fourth-order valence-electron chi connectivity index (χ4n) is 2.05. The fraction of sp³-hybridized carbons (Fsp3) is 0.667. The molecule has 2 rings (SSSR count). The number of anilines is 1. The molecule has 0 bridgehead atoms. The van der Waals surface area contributed by atoms with Crippen LogP contribution in [0, 0.1) is 5.92 Å². The van der Waals surface area contributed by atoms with Gasteiger partial charge in [0.2, 0.25) is 11.8 Å². The van der Waals surface area contributed by atoms with Crippen LogP contribution in [0.4, 0.5) is 5.69 Å². The van der Waals surface area contributed by atoms with Gasteiger partial charge in [0.15, 0.2) is 0 Å². The van der Waals surface area contributed by atoms with E-state index >= 15 is 0 Å². The molecule has 0 aromatic carbocycles. The van der Waals surface area contributed by atoms with E-state index in [1.165, 1.54) is 17.5 Å². The second-order valence-electron chi connectivity index (χ2n) is 6.20. The van der Waals surface area contributed by atoms with E-state index < -0.39 is 0 Å². The average molecular weight is 395 g/mol. The predicted octanol–water partition coefficient (Wildman–Crippen LogP) is 0.343. The largest absolute Gasteiger partial charge is 0.353 e. The van der Waals surface area contributed by atoms with Crippen LogP contribution >= 0.6 is 24.8 Å². The summed E-state index contributed by atoms with van der Waals surface area (Å²) >= 11 is 0. The number of aromatic nitrogens is 2. The number of nitrogens with one attached hydrogen (secondary N) is 3. The fourth-order valence-corrected chi connectivity index (χ4v) is 2.05. The number of likely N-dealkylation sites (N-methyl/N-ethyl adjacent to an activating group) is 1. The lowest BCUT2D eigenvalue weighted by Crippen LogP contribution is -2.33. The Morgan fingerprint density at radius 1 is 1.28 bits per heavy atom. The number of hydrogen-bond acceptors (Lipinski definition) is 5. The highest BCUT2D eigenvalue weighted by Gasteiger charge is 2.20. The molecule has 0 unspecified atom stereocenters. The summed E-state index contributed by atoms with van der Waals surface area (Å²) in [5.74, 6) is 0.552. The second-order valence-corrected chi connectivity index (χ2v) is 6.20. The number of hydrogen-bond donors (Lipinski definition) is 3. The van der Waals surface area contributed by atoms with E-state index in [1.807, 2.05) is 19.0 Å². The van der Waals surface area contributed by atoms with Crippen LogP contribution in [0.1, 0.15) is 12.8 Å². The average Bonchev–Trinajstić information content (AvgIpc) is 3.19. The van der Waals surface area contributed by atoms with Crippen LogP contribution in [0.25, 0.3) is 0 Å². The second kappa shape index (κ2) is 12.1. The number of rotatable bonds is 10. The summed E-state index contributed by atoms with van der Waals surface area (Å²) in [7, 11) is 3.91. The first kappa shape index (κ1) is 23.6. The third kappa shape index (κ3) is 10.3. The molecule has 0 atom stereocenters. The molecule has 8 nitrogen and oxygen atoms in total. The lowest BCUT2D eigenvalue weighted by Gasteiger charge is -2.10. The molecular weight excluding hydrogens is 367 g/mol. The highest BCUT2D eigenvalue weighted by molar-refractivity contribution is 5.92. The molecule has 1 aromatic heterocycles. The van der Waals surface area contributed by atoms with Crippen LogP contribution in [0.2, 0.25) is 0 Å². The van der Waals surface area contributed by atoms with E-state index in [4.69, 9.17) is 0 Å². The Bertz CT molecular complexity index is 497. The van der Waals surface area contributed by atoms with Crippen LogP contribution in [0.5, 0.6) is 0 Å². The highest BCUT2D eigenvalue weighted by Crippen LogP contribution is 2.27. The summed E-state index contributed by atoms with van der Waals surface area (Å²) < 4.78 is 1.51. The third-order valence-electron chi connectivity index (χ3n) is 3.52. The van der Waals surface area contributed by atoms with Crippen molar-refractivity contribution in [3.63, 3.8) is 0 Å². The van der Waals surface area contributed by atoms with Crippen molar-refractivity contribution in [1.29, 1.82) is 0 Å². The molecule has 1 heterocycles. The van der Waals surface area contributed by atoms with Gasteiger partial charge >= 0.3 is 0 Å². The zero-order valence-electron chi connectivity index (χ0n) is 14.7. The van der Waals surface area contributed by atoms with Gasteiger partial charge in [-0.1, -0.05) is 0 Å². The molecule has 1 fully saturated rings. The first-order valence-corrected chi connectivity index (χ1v) is 7.97. The first-order valence-electron chi connectivity index (χ1n) is 7.97. The molecule has 1 aliphatic carbocycles. The van der Waals surface area contributed by atoms with Crippen molar-refractivity contribution in [1.82, 2.24) is 25.3 Å². The minimum atomic E-state index is -0.0982. The Balaban J connectivity index is 0.00000288. The smallest absolute Gasteiger partial charge is 0.241 e. The molecule has 2 amide bonds. The number of amides is 2. The number of nitrogens with zero attached hydrogens (tertiary/aromatic N) is 3. The van der Waals surface area contributed by atoms with Crippen molar-refractivity contribution in [2.75, 3.05) is 45.6 Å². The van der Waals surface area contributed by atoms with Gasteiger partial charge < -0.3 is 20.9 Å². The summed E-state index contributed by atoms with van der Waals surface area (Å²) in [4.78, 5) is 25.5. The topological polar surface area (TPSA) is 91.3 Å². The number of carbonyl (C=O) groups is 2. The SMILES string of the molecule is CN(C)CCNC(=O)Cn1cc(NC(=O)CNCC2CC2)cn1.Cl.Cl. The maximum absolute atomic E-state index is 11.8. The predicted molar refractivity (Wildman–Crippen MR) is 103 cm³/mol. The Labute approximate surface area is 160 Å². The summed E-state index contributed by atoms with van der Waals surface area (Å²) in [5, 5.41) is 12.8. The van der Waals surface area contributed by atoms with Crippen LogP contribution < -0.4 is 16.0 Å². The maximum atomic E-state index is 11.8. The molecule has 0 aliphatic heterocycles. The minimum absolute atomic E-state index is 0. The molecule has 0 spiro atoms. The molecular formula is C15H28Cl2N6O2. The standard InChI is InChI=1S/C15H26N6O2.2ClH/c1-20(2)6-5-17-15(23)11-21-10-13(8-18-21)19-14(22)9-16-7-12-3-4-12;;/h8,10,12,16H,3-7,9,11H2,1-2H3,(H,17,23)(H,19,22);2*1H. The summed E-state index contributed by atoms with van der Waals surface area (Å²) in [6, 6.07) is 0. The Kier molecular flexibility index (Phi) is 11.4. The zero-order valence-corrected chi connectivity index (χ0v) is 16.3. The Morgan fingerprint density at radius 3 is 2.64 bits per heavy atom. The van der Waals surface area contributed by atoms with Gasteiger partial charge in [-0.2, -0.15) is 5.10 Å². The van der Waals surface area contributed by atoms with E-state index in [9.17, 15) is 9.59 Å². The molecule has 1 aromatic rings. The molecule has 0 radical (unpaired) electrons. The van der Waals surface area contributed by atoms with Gasteiger partial charge in [0.25, 0.3) is 0 Å². The zero-order chi connectivity index (χ0) is 16.7. The molecule has 1 aliphatic rings. The van der Waals surface area contributed by atoms with Crippen molar-refractivity contribution >= 4 is 42.3 Å². The van der Waals surface area contributed by atoms with Crippen LogP contribution in [-0.2, 0) is 16.1 Å². The highest BCUT2D eigenvalue weighted by atomic mass is 35.5. The van der Waals surface area contributed by atoms with Gasteiger partial charge in [-0.3, -0.25) is 14.3 Å². The van der Waals surface area contributed by atoms with Gasteiger partial charge in [-0.05, 0) is 39.4 Å². The molecule has 3 N–H and O–H groups in total. The van der Waals surface area contributed by atoms with Gasteiger partial charge in [-0.25, -0.2) is 0 Å². The third-order valence-corrected chi connectivity index (χ3v) is 3.52. The van der Waals surface area contributed by atoms with E-state index in [-0.39, 0.29) is 43.2 Å². The normalized spacial score (nSPS) is 12.9. The van der Waals surface area contributed by atoms with Gasteiger partial charge in [0.1, 0.15) is 6.54 Å². The van der Waals surface area contributed by atoms with Crippen LogP contribution in [-0.4, -0.2) is 66.8 Å². The van der Waals surface area contributed by atoms with Crippen molar-refractivity contribution in [3.05, 3.63) is 12.4 Å². The van der Waals surface area contributed by atoms with Crippen molar-refractivity contribution in [2.24, 2.45) is 5.92 Å². The van der Waals surface area contributed by atoms with E-state index in [2.05, 4.69) is 21.0 Å². The van der Waals surface area contributed by atoms with Gasteiger partial charge in [0.05, 0.1) is 18.4 Å². The molecule has 25 heavy (non-hydrogen) atoms. The Hall–Kier alpha value is -1.35. The van der Waals surface area contributed by atoms with Crippen molar-refractivity contribution < 1.29 is 9.59 Å². The summed E-state index contributed by atoms with van der Waals surface area (Å²) in [5.41, 5.74) is 0.601.